The Hall–Kier alpha value is -0.380. The van der Waals surface area contributed by atoms with E-state index >= 15 is 0 Å². The second-order valence-corrected chi connectivity index (χ2v) is 5.17. The molecule has 0 amide bonds. The van der Waals surface area contributed by atoms with E-state index < -0.39 is 0 Å². The molecule has 0 aromatic heterocycles. The van der Waals surface area contributed by atoms with Gasteiger partial charge in [-0.05, 0) is 36.5 Å². The predicted molar refractivity (Wildman–Crippen MR) is 71.5 cm³/mol. The van der Waals surface area contributed by atoms with Crippen LogP contribution in [0, 0.1) is 5.92 Å². The third-order valence-corrected chi connectivity index (χ3v) is 3.36. The molecule has 0 radical (unpaired) electrons. The number of halogens is 1. The van der Waals surface area contributed by atoms with Gasteiger partial charge in [-0.15, -0.1) is 0 Å². The molecule has 16 heavy (non-hydrogen) atoms. The normalized spacial score (nSPS) is 14.8. The molecule has 0 aliphatic carbocycles. The molecule has 0 saturated heterocycles. The summed E-state index contributed by atoms with van der Waals surface area (Å²) in [5, 5.41) is 0. The Morgan fingerprint density at radius 3 is 2.81 bits per heavy atom. The third kappa shape index (κ3) is 4.64. The van der Waals surface area contributed by atoms with Gasteiger partial charge < -0.3 is 10.5 Å². The number of rotatable bonds is 6. The molecule has 0 fully saturated rings. The quantitative estimate of drug-likeness (QED) is 0.872. The van der Waals surface area contributed by atoms with E-state index in [0.29, 0.717) is 5.92 Å². The van der Waals surface area contributed by atoms with Crippen LogP contribution < -0.4 is 5.73 Å². The Kier molecular flexibility index (Phi) is 6.03. The summed E-state index contributed by atoms with van der Waals surface area (Å²) >= 11 is 3.47. The zero-order valence-electron chi connectivity index (χ0n) is 9.95. The van der Waals surface area contributed by atoms with Crippen molar-refractivity contribution >= 4 is 15.9 Å². The third-order valence-electron chi connectivity index (χ3n) is 2.87. The molecule has 90 valence electrons. The largest absolute Gasteiger partial charge is 0.385 e. The van der Waals surface area contributed by atoms with Gasteiger partial charge in [0.15, 0.2) is 0 Å². The maximum Gasteiger partial charge on any atom is 0.0465 e. The molecule has 2 N–H and O–H groups in total. The van der Waals surface area contributed by atoms with E-state index in [4.69, 9.17) is 10.5 Å². The van der Waals surface area contributed by atoms with E-state index in [-0.39, 0.29) is 6.04 Å². The Morgan fingerprint density at radius 1 is 1.44 bits per heavy atom. The highest BCUT2D eigenvalue weighted by atomic mass is 79.9. The van der Waals surface area contributed by atoms with Gasteiger partial charge in [-0.2, -0.15) is 0 Å². The van der Waals surface area contributed by atoms with Crippen LogP contribution >= 0.6 is 15.9 Å². The number of methoxy groups -OCH3 is 1. The molecule has 0 spiro atoms. The van der Waals surface area contributed by atoms with Crippen molar-refractivity contribution in [2.45, 2.75) is 25.8 Å². The smallest absolute Gasteiger partial charge is 0.0465 e. The van der Waals surface area contributed by atoms with Crippen molar-refractivity contribution < 1.29 is 4.74 Å². The highest BCUT2D eigenvalue weighted by Gasteiger charge is 2.13. The molecule has 3 heteroatoms. The first-order chi connectivity index (χ1) is 7.63. The van der Waals surface area contributed by atoms with E-state index in [0.717, 1.165) is 23.9 Å². The molecule has 0 aliphatic rings. The summed E-state index contributed by atoms with van der Waals surface area (Å²) in [6, 6.07) is 8.52. The lowest BCUT2D eigenvalue weighted by Crippen LogP contribution is -2.31. The molecule has 0 heterocycles. The monoisotopic (exact) mass is 285 g/mol. The Bertz CT molecular complexity index is 317. The summed E-state index contributed by atoms with van der Waals surface area (Å²) < 4.78 is 6.18. The minimum Gasteiger partial charge on any atom is -0.385 e. The molecule has 0 aliphatic heterocycles. The van der Waals surface area contributed by atoms with Gasteiger partial charge in [0.1, 0.15) is 0 Å². The predicted octanol–water partition coefficient (Wildman–Crippen LogP) is 2.99. The van der Waals surface area contributed by atoms with Crippen molar-refractivity contribution in [1.29, 1.82) is 0 Å². The van der Waals surface area contributed by atoms with Crippen LogP contribution in [0.25, 0.3) is 0 Å². The van der Waals surface area contributed by atoms with Crippen LogP contribution in [0.5, 0.6) is 0 Å². The number of benzene rings is 1. The maximum atomic E-state index is 6.17. The fourth-order valence-electron chi connectivity index (χ4n) is 1.66. The van der Waals surface area contributed by atoms with E-state index in [9.17, 15) is 0 Å². The lowest BCUT2D eigenvalue weighted by molar-refractivity contribution is 0.174. The van der Waals surface area contributed by atoms with Crippen molar-refractivity contribution in [3.8, 4) is 0 Å². The Labute approximate surface area is 106 Å². The fraction of sp³-hybridized carbons (Fsp3) is 0.538. The van der Waals surface area contributed by atoms with Gasteiger partial charge in [-0.25, -0.2) is 0 Å². The summed E-state index contributed by atoms with van der Waals surface area (Å²) in [5.74, 6) is 0.485. The standard InChI is InChI=1S/C13H20BrNO/c1-10(6-7-16-2)13(15)9-11-4-3-5-12(14)8-11/h3-5,8,10,13H,6-7,9,15H2,1-2H3. The first kappa shape index (κ1) is 13.7. The van der Waals surface area contributed by atoms with E-state index in [1.165, 1.54) is 5.56 Å². The van der Waals surface area contributed by atoms with Crippen molar-refractivity contribution in [3.63, 3.8) is 0 Å². The van der Waals surface area contributed by atoms with Crippen molar-refractivity contribution in [2.24, 2.45) is 11.7 Å². The van der Waals surface area contributed by atoms with Crippen LogP contribution in [0.3, 0.4) is 0 Å². The number of nitrogens with two attached hydrogens (primary N) is 1. The average Bonchev–Trinajstić information content (AvgIpc) is 2.25. The Balaban J connectivity index is 2.47. The molecular formula is C13H20BrNO. The first-order valence-corrected chi connectivity index (χ1v) is 6.41. The van der Waals surface area contributed by atoms with Gasteiger partial charge in [0, 0.05) is 24.2 Å². The van der Waals surface area contributed by atoms with Crippen LogP contribution in [0.1, 0.15) is 18.9 Å². The van der Waals surface area contributed by atoms with Gasteiger partial charge in [0.2, 0.25) is 0 Å². The lowest BCUT2D eigenvalue weighted by Gasteiger charge is -2.19. The van der Waals surface area contributed by atoms with Gasteiger partial charge in [0.25, 0.3) is 0 Å². The van der Waals surface area contributed by atoms with Crippen molar-refractivity contribution in [3.05, 3.63) is 34.3 Å². The SMILES string of the molecule is COCCC(C)C(N)Cc1cccc(Br)c1. The highest BCUT2D eigenvalue weighted by Crippen LogP contribution is 2.16. The van der Waals surface area contributed by atoms with E-state index in [1.54, 1.807) is 7.11 Å². The van der Waals surface area contributed by atoms with Crippen LogP contribution in [0.2, 0.25) is 0 Å². The van der Waals surface area contributed by atoms with Gasteiger partial charge in [-0.3, -0.25) is 0 Å². The topological polar surface area (TPSA) is 35.2 Å². The molecule has 1 rings (SSSR count). The van der Waals surface area contributed by atoms with E-state index in [1.807, 2.05) is 12.1 Å². The summed E-state index contributed by atoms with van der Waals surface area (Å²) in [6.07, 6.45) is 1.94. The van der Waals surface area contributed by atoms with Gasteiger partial charge in [-0.1, -0.05) is 35.0 Å². The van der Waals surface area contributed by atoms with E-state index in [2.05, 4.69) is 35.0 Å². The minimum absolute atomic E-state index is 0.199. The summed E-state index contributed by atoms with van der Waals surface area (Å²) in [5.41, 5.74) is 7.45. The van der Waals surface area contributed by atoms with Gasteiger partial charge in [0.05, 0.1) is 0 Å². The highest BCUT2D eigenvalue weighted by molar-refractivity contribution is 9.10. The minimum atomic E-state index is 0.199. The molecule has 2 unspecified atom stereocenters. The van der Waals surface area contributed by atoms with Gasteiger partial charge >= 0.3 is 0 Å². The first-order valence-electron chi connectivity index (χ1n) is 5.62. The number of hydrogen-bond acceptors (Lipinski definition) is 2. The van der Waals surface area contributed by atoms with Crippen LogP contribution in [0.4, 0.5) is 0 Å². The second-order valence-electron chi connectivity index (χ2n) is 4.26. The lowest BCUT2D eigenvalue weighted by atomic mass is 9.93. The summed E-state index contributed by atoms with van der Waals surface area (Å²) in [6.45, 7) is 2.97. The molecule has 1 aromatic rings. The van der Waals surface area contributed by atoms with Crippen molar-refractivity contribution in [1.82, 2.24) is 0 Å². The molecule has 0 saturated carbocycles. The van der Waals surface area contributed by atoms with Crippen LogP contribution in [-0.4, -0.2) is 19.8 Å². The maximum absolute atomic E-state index is 6.17. The molecule has 0 bridgehead atoms. The van der Waals surface area contributed by atoms with Crippen LogP contribution in [-0.2, 0) is 11.2 Å². The molecule has 2 atom stereocenters. The number of ether oxygens (including phenoxy) is 1. The van der Waals surface area contributed by atoms with Crippen LogP contribution in [0.15, 0.2) is 28.7 Å². The molecule has 2 nitrogen and oxygen atoms in total. The summed E-state index contributed by atoms with van der Waals surface area (Å²) in [7, 11) is 1.73. The fourth-order valence-corrected chi connectivity index (χ4v) is 2.10. The summed E-state index contributed by atoms with van der Waals surface area (Å²) in [4.78, 5) is 0. The van der Waals surface area contributed by atoms with Crippen molar-refractivity contribution in [2.75, 3.05) is 13.7 Å². The average molecular weight is 286 g/mol. The molecular weight excluding hydrogens is 266 g/mol. The zero-order valence-corrected chi connectivity index (χ0v) is 11.5. The zero-order chi connectivity index (χ0) is 12.0. The molecule has 1 aromatic carbocycles. The second kappa shape index (κ2) is 7.05. The Morgan fingerprint density at radius 2 is 2.19 bits per heavy atom. The number of hydrogen-bond donors (Lipinski definition) is 1.